The van der Waals surface area contributed by atoms with Crippen LogP contribution in [0.4, 0.5) is 5.82 Å². The Hall–Kier alpha value is -4.39. The van der Waals surface area contributed by atoms with Crippen molar-refractivity contribution in [1.82, 2.24) is 14.7 Å². The number of hydrogen-bond acceptors (Lipinski definition) is 4. The number of amides is 2. The summed E-state index contributed by atoms with van der Waals surface area (Å²) in [7, 11) is 1.62. The van der Waals surface area contributed by atoms with E-state index in [1.54, 1.807) is 16.7 Å². The van der Waals surface area contributed by atoms with Crippen LogP contribution in [-0.2, 0) is 16.0 Å². The molecule has 0 saturated heterocycles. The maximum absolute atomic E-state index is 13.4. The van der Waals surface area contributed by atoms with Gasteiger partial charge in [-0.05, 0) is 62.6 Å². The summed E-state index contributed by atoms with van der Waals surface area (Å²) in [6.45, 7) is 5.72. The number of aromatic nitrogens is 2. The monoisotopic (exact) mass is 510 g/mol. The molecule has 1 N–H and O–H groups in total. The average molecular weight is 511 g/mol. The number of ether oxygens (including phenoxy) is 1. The van der Waals surface area contributed by atoms with Crippen molar-refractivity contribution in [1.29, 1.82) is 0 Å². The molecule has 1 heterocycles. The minimum absolute atomic E-state index is 0.0492. The van der Waals surface area contributed by atoms with Crippen LogP contribution >= 0.6 is 0 Å². The van der Waals surface area contributed by atoms with Crippen molar-refractivity contribution in [2.45, 2.75) is 39.7 Å². The highest BCUT2D eigenvalue weighted by molar-refractivity contribution is 5.98. The number of anilines is 1. The third kappa shape index (κ3) is 6.29. The topological polar surface area (TPSA) is 76.5 Å². The summed E-state index contributed by atoms with van der Waals surface area (Å²) < 4.78 is 7.03. The van der Waals surface area contributed by atoms with E-state index < -0.39 is 0 Å². The average Bonchev–Trinajstić information content (AvgIpc) is 3.26. The molecule has 0 bridgehead atoms. The molecule has 0 saturated carbocycles. The number of nitrogens with one attached hydrogen (secondary N) is 1. The van der Waals surface area contributed by atoms with E-state index in [4.69, 9.17) is 9.84 Å². The predicted molar refractivity (Wildman–Crippen MR) is 151 cm³/mol. The lowest BCUT2D eigenvalue weighted by molar-refractivity contribution is -0.136. The summed E-state index contributed by atoms with van der Waals surface area (Å²) in [5.74, 6) is 0.957. The van der Waals surface area contributed by atoms with Crippen LogP contribution in [0.25, 0.3) is 16.8 Å². The Morgan fingerprint density at radius 1 is 0.947 bits per heavy atom. The van der Waals surface area contributed by atoms with Gasteiger partial charge >= 0.3 is 0 Å². The maximum atomic E-state index is 13.4. The third-order valence-electron chi connectivity index (χ3n) is 6.43. The number of aryl methyl sites for hydroxylation is 2. The standard InChI is InChI=1S/C31H34N4O3/c1-22(2)34(29(37)20-15-24-11-7-5-8-12-24)21-28(36)32-31-30(25-13-9-6-10-14-25)23(3)33-35(31)26-16-18-27(38-4)19-17-26/h5-14,16-19,22H,15,20-21H2,1-4H3,(H,32,36). The van der Waals surface area contributed by atoms with Crippen molar-refractivity contribution in [3.8, 4) is 22.6 Å². The Morgan fingerprint density at radius 2 is 1.58 bits per heavy atom. The molecule has 0 atom stereocenters. The van der Waals surface area contributed by atoms with E-state index in [0.29, 0.717) is 18.7 Å². The zero-order valence-corrected chi connectivity index (χ0v) is 22.3. The Morgan fingerprint density at radius 3 is 2.18 bits per heavy atom. The zero-order chi connectivity index (χ0) is 27.1. The van der Waals surface area contributed by atoms with Gasteiger partial charge in [0.1, 0.15) is 18.1 Å². The van der Waals surface area contributed by atoms with Gasteiger partial charge in [0.2, 0.25) is 11.8 Å². The molecule has 0 aliphatic heterocycles. The Labute approximate surface area is 224 Å². The van der Waals surface area contributed by atoms with Gasteiger partial charge in [-0.3, -0.25) is 9.59 Å². The molecule has 4 rings (SSSR count). The normalized spacial score (nSPS) is 10.9. The largest absolute Gasteiger partial charge is 0.497 e. The molecule has 0 unspecified atom stereocenters. The second-order valence-corrected chi connectivity index (χ2v) is 9.43. The van der Waals surface area contributed by atoms with Gasteiger partial charge in [-0.25, -0.2) is 4.68 Å². The SMILES string of the molecule is COc1ccc(-n2nc(C)c(-c3ccccc3)c2NC(=O)CN(C(=O)CCc2ccccc2)C(C)C)cc1. The maximum Gasteiger partial charge on any atom is 0.245 e. The second kappa shape index (κ2) is 12.2. The first-order chi connectivity index (χ1) is 18.4. The lowest BCUT2D eigenvalue weighted by atomic mass is 10.1. The summed E-state index contributed by atoms with van der Waals surface area (Å²) in [6, 6.07) is 27.1. The minimum Gasteiger partial charge on any atom is -0.497 e. The molecular formula is C31H34N4O3. The van der Waals surface area contributed by atoms with Gasteiger partial charge in [-0.15, -0.1) is 0 Å². The number of benzene rings is 3. The van der Waals surface area contributed by atoms with Gasteiger partial charge in [0.25, 0.3) is 0 Å². The fourth-order valence-corrected chi connectivity index (χ4v) is 4.43. The summed E-state index contributed by atoms with van der Waals surface area (Å²) in [4.78, 5) is 28.1. The van der Waals surface area contributed by atoms with E-state index in [-0.39, 0.29) is 24.4 Å². The number of carbonyl (C=O) groups excluding carboxylic acids is 2. The van der Waals surface area contributed by atoms with Crippen molar-refractivity contribution in [3.05, 3.63) is 96.2 Å². The lowest BCUT2D eigenvalue weighted by Gasteiger charge is -2.26. The Kier molecular flexibility index (Phi) is 8.58. The summed E-state index contributed by atoms with van der Waals surface area (Å²) >= 11 is 0. The van der Waals surface area contributed by atoms with Crippen LogP contribution < -0.4 is 10.1 Å². The molecule has 7 heteroatoms. The van der Waals surface area contributed by atoms with E-state index >= 15 is 0 Å². The fourth-order valence-electron chi connectivity index (χ4n) is 4.43. The zero-order valence-electron chi connectivity index (χ0n) is 22.3. The third-order valence-corrected chi connectivity index (χ3v) is 6.43. The summed E-state index contributed by atoms with van der Waals surface area (Å²) in [5, 5.41) is 7.83. The van der Waals surface area contributed by atoms with Crippen LogP contribution in [0.5, 0.6) is 5.75 Å². The molecular weight excluding hydrogens is 476 g/mol. The van der Waals surface area contributed by atoms with Gasteiger partial charge in [-0.1, -0.05) is 60.7 Å². The lowest BCUT2D eigenvalue weighted by Crippen LogP contribution is -2.42. The predicted octanol–water partition coefficient (Wildman–Crippen LogP) is 5.66. The number of nitrogens with zero attached hydrogens (tertiary/aromatic N) is 3. The molecule has 0 aliphatic carbocycles. The second-order valence-electron chi connectivity index (χ2n) is 9.43. The van der Waals surface area contributed by atoms with Crippen molar-refractivity contribution in [2.75, 3.05) is 19.0 Å². The fraction of sp³-hybridized carbons (Fsp3) is 0.258. The van der Waals surface area contributed by atoms with E-state index in [1.807, 2.05) is 106 Å². The molecule has 196 valence electrons. The molecule has 0 radical (unpaired) electrons. The highest BCUT2D eigenvalue weighted by Gasteiger charge is 2.24. The number of carbonyl (C=O) groups is 2. The van der Waals surface area contributed by atoms with E-state index in [2.05, 4.69) is 5.32 Å². The van der Waals surface area contributed by atoms with E-state index in [9.17, 15) is 9.59 Å². The molecule has 7 nitrogen and oxygen atoms in total. The van der Waals surface area contributed by atoms with Crippen LogP contribution in [0.15, 0.2) is 84.9 Å². The molecule has 3 aromatic carbocycles. The van der Waals surface area contributed by atoms with Crippen LogP contribution in [0.1, 0.15) is 31.5 Å². The highest BCUT2D eigenvalue weighted by Crippen LogP contribution is 2.33. The quantitative estimate of drug-likeness (QED) is 0.298. The molecule has 0 aliphatic rings. The van der Waals surface area contributed by atoms with Crippen LogP contribution in [-0.4, -0.2) is 46.2 Å². The van der Waals surface area contributed by atoms with Gasteiger partial charge in [0, 0.05) is 18.0 Å². The highest BCUT2D eigenvalue weighted by atomic mass is 16.5. The van der Waals surface area contributed by atoms with Gasteiger partial charge in [0.05, 0.1) is 18.5 Å². The summed E-state index contributed by atoms with van der Waals surface area (Å²) in [5.41, 5.74) is 4.44. The van der Waals surface area contributed by atoms with E-state index in [0.717, 1.165) is 33.8 Å². The smallest absolute Gasteiger partial charge is 0.245 e. The molecule has 0 fully saturated rings. The molecule has 2 amide bonds. The molecule has 0 spiro atoms. The van der Waals surface area contributed by atoms with Crippen molar-refractivity contribution >= 4 is 17.6 Å². The van der Waals surface area contributed by atoms with Gasteiger partial charge in [-0.2, -0.15) is 5.10 Å². The van der Waals surface area contributed by atoms with Crippen molar-refractivity contribution in [3.63, 3.8) is 0 Å². The van der Waals surface area contributed by atoms with Crippen LogP contribution in [0.3, 0.4) is 0 Å². The van der Waals surface area contributed by atoms with Crippen LogP contribution in [0, 0.1) is 6.92 Å². The first kappa shape index (κ1) is 26.7. The minimum atomic E-state index is -0.279. The number of methoxy groups -OCH3 is 1. The molecule has 1 aromatic heterocycles. The number of hydrogen-bond donors (Lipinski definition) is 1. The molecule has 4 aromatic rings. The Bertz CT molecular complexity index is 1360. The first-order valence-corrected chi connectivity index (χ1v) is 12.8. The first-order valence-electron chi connectivity index (χ1n) is 12.8. The van der Waals surface area contributed by atoms with E-state index in [1.165, 1.54) is 0 Å². The van der Waals surface area contributed by atoms with Gasteiger partial charge < -0.3 is 15.0 Å². The number of rotatable bonds is 10. The summed E-state index contributed by atoms with van der Waals surface area (Å²) in [6.07, 6.45) is 0.972. The Balaban J connectivity index is 1.60. The van der Waals surface area contributed by atoms with Gasteiger partial charge in [0.15, 0.2) is 0 Å². The molecule has 38 heavy (non-hydrogen) atoms. The van der Waals surface area contributed by atoms with Crippen molar-refractivity contribution < 1.29 is 14.3 Å². The van der Waals surface area contributed by atoms with Crippen molar-refractivity contribution in [2.24, 2.45) is 0 Å². The van der Waals surface area contributed by atoms with Crippen LogP contribution in [0.2, 0.25) is 0 Å².